The van der Waals surface area contributed by atoms with Crippen LogP contribution in [-0.2, 0) is 0 Å². The van der Waals surface area contributed by atoms with Gasteiger partial charge < -0.3 is 10.2 Å². The molecule has 1 aliphatic heterocycles. The molecule has 130 valence electrons. The van der Waals surface area contributed by atoms with Gasteiger partial charge in [-0.05, 0) is 18.4 Å². The summed E-state index contributed by atoms with van der Waals surface area (Å²) in [4.78, 5) is 16.7. The fraction of sp³-hybridized carbons (Fsp3) is 0.550. The van der Waals surface area contributed by atoms with Crippen molar-refractivity contribution in [3.05, 3.63) is 42.0 Å². The van der Waals surface area contributed by atoms with Crippen molar-refractivity contribution < 1.29 is 4.79 Å². The maximum absolute atomic E-state index is 12.4. The van der Waals surface area contributed by atoms with E-state index in [2.05, 4.69) is 46.6 Å². The number of benzene rings is 1. The van der Waals surface area contributed by atoms with Crippen LogP contribution in [0.25, 0.3) is 6.08 Å². The number of hydrogen-bond donors (Lipinski definition) is 1. The zero-order valence-corrected chi connectivity index (χ0v) is 14.5. The van der Waals surface area contributed by atoms with E-state index in [0.717, 1.165) is 45.6 Å². The maximum atomic E-state index is 12.4. The van der Waals surface area contributed by atoms with Crippen LogP contribution in [0.5, 0.6) is 0 Å². The van der Waals surface area contributed by atoms with Crippen LogP contribution in [0.2, 0.25) is 0 Å². The molecule has 24 heavy (non-hydrogen) atoms. The summed E-state index contributed by atoms with van der Waals surface area (Å²) in [6, 6.07) is 10.9. The zero-order valence-electron chi connectivity index (χ0n) is 14.5. The Kier molecular flexibility index (Phi) is 6.30. The first kappa shape index (κ1) is 17.0. The lowest BCUT2D eigenvalue weighted by Crippen LogP contribution is -2.53. The molecular weight excluding hydrogens is 298 g/mol. The Morgan fingerprint density at radius 1 is 1.04 bits per heavy atom. The molecule has 4 heteroatoms. The van der Waals surface area contributed by atoms with E-state index in [9.17, 15) is 4.79 Å². The molecule has 2 fully saturated rings. The fourth-order valence-electron chi connectivity index (χ4n) is 3.55. The number of carbonyl (C=O) groups excluding carboxylic acids is 1. The summed E-state index contributed by atoms with van der Waals surface area (Å²) in [5.74, 6) is 0. The summed E-state index contributed by atoms with van der Waals surface area (Å²) in [7, 11) is 0. The summed E-state index contributed by atoms with van der Waals surface area (Å²) in [6.07, 6.45) is 10.5. The molecule has 1 saturated heterocycles. The average Bonchev–Trinajstić information content (AvgIpc) is 2.64. The second-order valence-corrected chi connectivity index (χ2v) is 6.89. The van der Waals surface area contributed by atoms with Crippen molar-refractivity contribution >= 4 is 12.1 Å². The Morgan fingerprint density at radius 3 is 2.46 bits per heavy atom. The number of carbonyl (C=O) groups is 1. The van der Waals surface area contributed by atoms with E-state index in [0.29, 0.717) is 6.04 Å². The van der Waals surface area contributed by atoms with E-state index in [4.69, 9.17) is 0 Å². The predicted molar refractivity (Wildman–Crippen MR) is 98.9 cm³/mol. The van der Waals surface area contributed by atoms with Crippen LogP contribution >= 0.6 is 0 Å². The molecule has 2 amide bonds. The second kappa shape index (κ2) is 8.88. The van der Waals surface area contributed by atoms with Gasteiger partial charge in [-0.3, -0.25) is 4.90 Å². The number of amides is 2. The molecule has 1 aromatic rings. The molecule has 1 aliphatic carbocycles. The third-order valence-corrected chi connectivity index (χ3v) is 5.07. The number of urea groups is 1. The average molecular weight is 327 g/mol. The second-order valence-electron chi connectivity index (χ2n) is 6.89. The fourth-order valence-corrected chi connectivity index (χ4v) is 3.55. The standard InChI is InChI=1S/C20H29N3O/c24-20(21-19-11-5-2-6-12-19)23-16-14-22(15-17-23)13-7-10-18-8-3-1-4-9-18/h1,3-4,7-10,19H,2,5-6,11-17H2,(H,21,24)/b10-7+. The quantitative estimate of drug-likeness (QED) is 0.920. The molecule has 0 radical (unpaired) electrons. The van der Waals surface area contributed by atoms with E-state index in [-0.39, 0.29) is 6.03 Å². The normalized spacial score (nSPS) is 20.4. The molecule has 1 N–H and O–H groups in total. The Balaban J connectivity index is 1.37. The van der Waals surface area contributed by atoms with Gasteiger partial charge in [0.25, 0.3) is 0 Å². The third kappa shape index (κ3) is 5.10. The summed E-state index contributed by atoms with van der Waals surface area (Å²) in [6.45, 7) is 4.52. The van der Waals surface area contributed by atoms with Crippen LogP contribution in [0, 0.1) is 0 Å². The summed E-state index contributed by atoms with van der Waals surface area (Å²) < 4.78 is 0. The lowest BCUT2D eigenvalue weighted by Gasteiger charge is -2.35. The molecule has 4 nitrogen and oxygen atoms in total. The van der Waals surface area contributed by atoms with Crippen LogP contribution in [-0.4, -0.2) is 54.6 Å². The number of nitrogens with one attached hydrogen (secondary N) is 1. The zero-order chi connectivity index (χ0) is 16.6. The Morgan fingerprint density at radius 2 is 1.75 bits per heavy atom. The van der Waals surface area contributed by atoms with Crippen molar-refractivity contribution in [1.29, 1.82) is 0 Å². The largest absolute Gasteiger partial charge is 0.335 e. The summed E-state index contributed by atoms with van der Waals surface area (Å²) in [5.41, 5.74) is 1.24. The van der Waals surface area contributed by atoms with Crippen molar-refractivity contribution in [3.8, 4) is 0 Å². The van der Waals surface area contributed by atoms with Crippen LogP contribution in [0.4, 0.5) is 4.79 Å². The first-order valence-corrected chi connectivity index (χ1v) is 9.30. The molecule has 0 aromatic heterocycles. The minimum Gasteiger partial charge on any atom is -0.335 e. The van der Waals surface area contributed by atoms with Crippen LogP contribution in [0.3, 0.4) is 0 Å². The van der Waals surface area contributed by atoms with E-state index >= 15 is 0 Å². The van der Waals surface area contributed by atoms with Gasteiger partial charge in [0.2, 0.25) is 0 Å². The highest BCUT2D eigenvalue weighted by Gasteiger charge is 2.23. The lowest BCUT2D eigenvalue weighted by molar-refractivity contribution is 0.142. The minimum absolute atomic E-state index is 0.140. The smallest absolute Gasteiger partial charge is 0.317 e. The van der Waals surface area contributed by atoms with Crippen molar-refractivity contribution in [2.24, 2.45) is 0 Å². The number of hydrogen-bond acceptors (Lipinski definition) is 2. The van der Waals surface area contributed by atoms with E-state index < -0.39 is 0 Å². The number of piperazine rings is 1. The van der Waals surface area contributed by atoms with Crippen molar-refractivity contribution in [2.75, 3.05) is 32.7 Å². The van der Waals surface area contributed by atoms with Crippen molar-refractivity contribution in [1.82, 2.24) is 15.1 Å². The van der Waals surface area contributed by atoms with Gasteiger partial charge in [0.1, 0.15) is 0 Å². The predicted octanol–water partition coefficient (Wildman–Crippen LogP) is 3.36. The van der Waals surface area contributed by atoms with Gasteiger partial charge in [0.05, 0.1) is 0 Å². The summed E-state index contributed by atoms with van der Waals surface area (Å²) in [5, 5.41) is 3.22. The third-order valence-electron chi connectivity index (χ3n) is 5.07. The highest BCUT2D eigenvalue weighted by molar-refractivity contribution is 5.74. The van der Waals surface area contributed by atoms with E-state index in [1.807, 2.05) is 11.0 Å². The summed E-state index contributed by atoms with van der Waals surface area (Å²) >= 11 is 0. The minimum atomic E-state index is 0.140. The van der Waals surface area contributed by atoms with Gasteiger partial charge in [-0.25, -0.2) is 4.79 Å². The van der Waals surface area contributed by atoms with Crippen molar-refractivity contribution in [2.45, 2.75) is 38.1 Å². The van der Waals surface area contributed by atoms with E-state index in [1.54, 1.807) is 0 Å². The van der Waals surface area contributed by atoms with Gasteiger partial charge in [0.15, 0.2) is 0 Å². The Labute approximate surface area is 145 Å². The first-order chi connectivity index (χ1) is 11.8. The van der Waals surface area contributed by atoms with Crippen LogP contribution in [0.15, 0.2) is 36.4 Å². The van der Waals surface area contributed by atoms with Gasteiger partial charge in [0, 0.05) is 38.8 Å². The lowest BCUT2D eigenvalue weighted by atomic mass is 9.96. The topological polar surface area (TPSA) is 35.6 Å². The SMILES string of the molecule is O=C(NC1CCCCC1)N1CCN(C/C=C/c2ccccc2)CC1. The molecule has 0 unspecified atom stereocenters. The molecule has 1 aromatic carbocycles. The highest BCUT2D eigenvalue weighted by Crippen LogP contribution is 2.17. The first-order valence-electron chi connectivity index (χ1n) is 9.30. The molecule has 1 saturated carbocycles. The molecule has 3 rings (SSSR count). The van der Waals surface area contributed by atoms with Crippen LogP contribution in [0.1, 0.15) is 37.7 Å². The Bertz CT molecular complexity index is 529. The number of rotatable bonds is 4. The van der Waals surface area contributed by atoms with E-state index in [1.165, 1.54) is 24.8 Å². The number of nitrogens with zero attached hydrogens (tertiary/aromatic N) is 2. The van der Waals surface area contributed by atoms with Gasteiger partial charge in [-0.2, -0.15) is 0 Å². The molecule has 0 bridgehead atoms. The molecule has 2 aliphatic rings. The maximum Gasteiger partial charge on any atom is 0.317 e. The molecular formula is C20H29N3O. The Hall–Kier alpha value is -1.81. The van der Waals surface area contributed by atoms with Crippen LogP contribution < -0.4 is 5.32 Å². The molecule has 0 atom stereocenters. The van der Waals surface area contributed by atoms with Crippen molar-refractivity contribution in [3.63, 3.8) is 0 Å². The molecule has 1 heterocycles. The molecule has 0 spiro atoms. The van der Waals surface area contributed by atoms with Gasteiger partial charge >= 0.3 is 6.03 Å². The monoisotopic (exact) mass is 327 g/mol. The van der Waals surface area contributed by atoms with Gasteiger partial charge in [-0.15, -0.1) is 0 Å². The highest BCUT2D eigenvalue weighted by atomic mass is 16.2. The van der Waals surface area contributed by atoms with Gasteiger partial charge in [-0.1, -0.05) is 61.7 Å².